The van der Waals surface area contributed by atoms with Crippen molar-refractivity contribution in [1.29, 1.82) is 0 Å². The number of rotatable bonds is 7. The molecule has 0 unspecified atom stereocenters. The SMILES string of the molecule is O=C(O)c1ccccc1C(=O)c1c(-c2ccccc2)c(C(=O)c2ccccc2C(=O)O)n2ccccc12. The number of ketones is 2. The van der Waals surface area contributed by atoms with Crippen molar-refractivity contribution in [3.8, 4) is 11.1 Å². The molecule has 0 aliphatic rings. The number of carbonyl (C=O) groups excluding carboxylic acids is 2. The summed E-state index contributed by atoms with van der Waals surface area (Å²) >= 11 is 0. The molecule has 180 valence electrons. The Morgan fingerprint density at radius 1 is 0.541 bits per heavy atom. The summed E-state index contributed by atoms with van der Waals surface area (Å²) in [6.45, 7) is 0. The van der Waals surface area contributed by atoms with Gasteiger partial charge in [-0.1, -0.05) is 72.8 Å². The monoisotopic (exact) mass is 489 g/mol. The maximum atomic E-state index is 14.0. The first-order chi connectivity index (χ1) is 17.9. The minimum Gasteiger partial charge on any atom is -0.478 e. The first-order valence-corrected chi connectivity index (χ1v) is 11.3. The highest BCUT2D eigenvalue weighted by molar-refractivity contribution is 6.25. The Morgan fingerprint density at radius 2 is 1.03 bits per heavy atom. The number of pyridine rings is 1. The van der Waals surface area contributed by atoms with E-state index in [-0.39, 0.29) is 33.5 Å². The lowest BCUT2D eigenvalue weighted by Crippen LogP contribution is -2.13. The van der Waals surface area contributed by atoms with E-state index in [1.54, 1.807) is 71.3 Å². The summed E-state index contributed by atoms with van der Waals surface area (Å²) in [6, 6.07) is 25.7. The number of hydrogen-bond donors (Lipinski definition) is 2. The Kier molecular flexibility index (Phi) is 5.95. The zero-order chi connectivity index (χ0) is 26.1. The van der Waals surface area contributed by atoms with Gasteiger partial charge in [0.1, 0.15) is 5.69 Å². The van der Waals surface area contributed by atoms with Crippen molar-refractivity contribution >= 4 is 29.0 Å². The van der Waals surface area contributed by atoms with Gasteiger partial charge in [0.25, 0.3) is 0 Å². The Bertz CT molecular complexity index is 1610. The van der Waals surface area contributed by atoms with Gasteiger partial charge in [-0.15, -0.1) is 0 Å². The number of carboxylic acids is 2. The smallest absolute Gasteiger partial charge is 0.336 e. The normalized spacial score (nSPS) is 10.8. The zero-order valence-electron chi connectivity index (χ0n) is 19.3. The van der Waals surface area contributed by atoms with Crippen LogP contribution in [0.2, 0.25) is 0 Å². The second-order valence-electron chi connectivity index (χ2n) is 8.28. The third-order valence-corrected chi connectivity index (χ3v) is 6.15. The number of aromatic carboxylic acids is 2. The maximum Gasteiger partial charge on any atom is 0.336 e. The Morgan fingerprint density at radius 3 is 1.59 bits per heavy atom. The van der Waals surface area contributed by atoms with Crippen molar-refractivity contribution in [3.63, 3.8) is 0 Å². The number of fused-ring (bicyclic) bond motifs is 1. The maximum absolute atomic E-state index is 14.0. The summed E-state index contributed by atoms with van der Waals surface area (Å²) in [4.78, 5) is 51.9. The third-order valence-electron chi connectivity index (χ3n) is 6.15. The second kappa shape index (κ2) is 9.39. The van der Waals surface area contributed by atoms with E-state index in [0.717, 1.165) is 0 Å². The van der Waals surface area contributed by atoms with Gasteiger partial charge >= 0.3 is 11.9 Å². The van der Waals surface area contributed by atoms with Gasteiger partial charge in [-0.3, -0.25) is 9.59 Å². The molecule has 0 aliphatic heterocycles. The largest absolute Gasteiger partial charge is 0.478 e. The van der Waals surface area contributed by atoms with Crippen LogP contribution < -0.4 is 0 Å². The molecule has 2 N–H and O–H groups in total. The number of carboxylic acid groups (broad SMARTS) is 2. The number of benzene rings is 3. The average Bonchev–Trinajstić information content (AvgIpc) is 3.28. The van der Waals surface area contributed by atoms with Crippen LogP contribution in [0.25, 0.3) is 16.6 Å². The van der Waals surface area contributed by atoms with Crippen LogP contribution in [0.4, 0.5) is 0 Å². The molecule has 0 radical (unpaired) electrons. The topological polar surface area (TPSA) is 113 Å². The van der Waals surface area contributed by atoms with Crippen LogP contribution in [-0.4, -0.2) is 38.1 Å². The molecule has 0 amide bonds. The molecule has 0 fully saturated rings. The highest BCUT2D eigenvalue weighted by atomic mass is 16.4. The summed E-state index contributed by atoms with van der Waals surface area (Å²) in [6.07, 6.45) is 1.62. The molecule has 2 aromatic heterocycles. The first kappa shape index (κ1) is 23.4. The molecule has 0 saturated carbocycles. The van der Waals surface area contributed by atoms with Crippen molar-refractivity contribution < 1.29 is 29.4 Å². The van der Waals surface area contributed by atoms with Crippen LogP contribution in [0.3, 0.4) is 0 Å². The highest BCUT2D eigenvalue weighted by Crippen LogP contribution is 2.37. The molecule has 2 heterocycles. The van der Waals surface area contributed by atoms with E-state index in [4.69, 9.17) is 0 Å². The lowest BCUT2D eigenvalue weighted by atomic mass is 9.90. The summed E-state index contributed by atoms with van der Waals surface area (Å²) in [5, 5.41) is 19.4. The van der Waals surface area contributed by atoms with Gasteiger partial charge < -0.3 is 14.6 Å². The fourth-order valence-corrected chi connectivity index (χ4v) is 4.54. The van der Waals surface area contributed by atoms with Gasteiger partial charge in [-0.25, -0.2) is 9.59 Å². The predicted octanol–water partition coefficient (Wildman–Crippen LogP) is 5.46. The first-order valence-electron chi connectivity index (χ1n) is 11.3. The Balaban J connectivity index is 1.88. The minimum absolute atomic E-state index is 0.0199. The standard InChI is InChI=1S/C30H19NO6/c32-27(19-12-4-6-14-21(19)29(34)35)25-23-16-8-9-17-31(23)26(24(25)18-10-2-1-3-11-18)28(33)20-13-5-7-15-22(20)30(36)37/h1-17H,(H,34,35)(H,36,37). The number of hydrogen-bond acceptors (Lipinski definition) is 4. The van der Waals surface area contributed by atoms with E-state index in [1.807, 2.05) is 0 Å². The molecule has 0 saturated heterocycles. The summed E-state index contributed by atoms with van der Waals surface area (Å²) in [5.41, 5.74) is 1.12. The molecule has 0 bridgehead atoms. The van der Waals surface area contributed by atoms with Crippen molar-refractivity contribution in [2.24, 2.45) is 0 Å². The van der Waals surface area contributed by atoms with E-state index in [9.17, 15) is 29.4 Å². The molecule has 7 heteroatoms. The van der Waals surface area contributed by atoms with Crippen LogP contribution >= 0.6 is 0 Å². The molecular weight excluding hydrogens is 470 g/mol. The van der Waals surface area contributed by atoms with Crippen molar-refractivity contribution in [2.75, 3.05) is 0 Å². The average molecular weight is 489 g/mol. The van der Waals surface area contributed by atoms with Gasteiger partial charge in [-0.2, -0.15) is 0 Å². The van der Waals surface area contributed by atoms with Crippen molar-refractivity contribution in [3.05, 3.63) is 137 Å². The third kappa shape index (κ3) is 3.98. The minimum atomic E-state index is -1.25. The molecule has 7 nitrogen and oxygen atoms in total. The lowest BCUT2D eigenvalue weighted by molar-refractivity contribution is 0.0683. The zero-order valence-corrected chi connectivity index (χ0v) is 19.3. The Labute approximate surface area is 210 Å². The van der Waals surface area contributed by atoms with Crippen molar-refractivity contribution in [1.82, 2.24) is 4.40 Å². The molecule has 3 aromatic carbocycles. The van der Waals surface area contributed by atoms with Gasteiger partial charge in [-0.05, 0) is 29.8 Å². The van der Waals surface area contributed by atoms with Crippen LogP contribution in [0.5, 0.6) is 0 Å². The fourth-order valence-electron chi connectivity index (χ4n) is 4.54. The second-order valence-corrected chi connectivity index (χ2v) is 8.28. The lowest BCUT2D eigenvalue weighted by Gasteiger charge is -2.10. The molecule has 5 aromatic rings. The van der Waals surface area contributed by atoms with E-state index >= 15 is 0 Å². The van der Waals surface area contributed by atoms with E-state index in [2.05, 4.69) is 0 Å². The summed E-state index contributed by atoms with van der Waals surface area (Å²) in [7, 11) is 0. The Hall–Kier alpha value is -5.30. The number of aromatic nitrogens is 1. The predicted molar refractivity (Wildman–Crippen MR) is 137 cm³/mol. The van der Waals surface area contributed by atoms with Crippen LogP contribution in [-0.2, 0) is 0 Å². The molecular formula is C30H19NO6. The van der Waals surface area contributed by atoms with Crippen molar-refractivity contribution in [2.45, 2.75) is 0 Å². The molecule has 0 aliphatic carbocycles. The number of nitrogens with zero attached hydrogens (tertiary/aromatic N) is 1. The van der Waals surface area contributed by atoms with Crippen LogP contribution in [0.1, 0.15) is 52.7 Å². The summed E-state index contributed by atoms with van der Waals surface area (Å²) in [5.74, 6) is -3.65. The van der Waals surface area contributed by atoms with Gasteiger partial charge in [0, 0.05) is 22.9 Å². The van der Waals surface area contributed by atoms with Gasteiger partial charge in [0.05, 0.1) is 22.2 Å². The van der Waals surface area contributed by atoms with Crippen LogP contribution in [0, 0.1) is 0 Å². The summed E-state index contributed by atoms with van der Waals surface area (Å²) < 4.78 is 1.56. The van der Waals surface area contributed by atoms with E-state index < -0.39 is 23.5 Å². The molecule has 5 rings (SSSR count). The van der Waals surface area contributed by atoms with E-state index in [1.165, 1.54) is 36.4 Å². The quantitative estimate of drug-likeness (QED) is 0.293. The van der Waals surface area contributed by atoms with Crippen LogP contribution in [0.15, 0.2) is 103 Å². The molecule has 0 atom stereocenters. The van der Waals surface area contributed by atoms with E-state index in [0.29, 0.717) is 16.6 Å². The molecule has 0 spiro atoms. The highest BCUT2D eigenvalue weighted by Gasteiger charge is 2.31. The van der Waals surface area contributed by atoms with Gasteiger partial charge in [0.15, 0.2) is 5.78 Å². The number of carbonyl (C=O) groups is 4. The molecule has 37 heavy (non-hydrogen) atoms. The van der Waals surface area contributed by atoms with Gasteiger partial charge in [0.2, 0.25) is 5.78 Å². The fraction of sp³-hybridized carbons (Fsp3) is 0.